The van der Waals surface area contributed by atoms with Crippen LogP contribution in [0.3, 0.4) is 0 Å². The Morgan fingerprint density at radius 1 is 1.09 bits per heavy atom. The molecule has 32 heavy (non-hydrogen) atoms. The van der Waals surface area contributed by atoms with Crippen molar-refractivity contribution in [1.29, 1.82) is 0 Å². The Bertz CT molecular complexity index is 1120. The lowest BCUT2D eigenvalue weighted by Gasteiger charge is -2.33. The molecule has 3 heterocycles. The number of aromatic nitrogens is 4. The molecule has 0 atom stereocenters. The van der Waals surface area contributed by atoms with Gasteiger partial charge in [0.15, 0.2) is 11.6 Å². The molecular weight excluding hydrogens is 429 g/mol. The summed E-state index contributed by atoms with van der Waals surface area (Å²) in [4.78, 5) is 11.2. The van der Waals surface area contributed by atoms with Gasteiger partial charge >= 0.3 is 0 Å². The monoisotopic (exact) mass is 455 g/mol. The number of nitrogens with one attached hydrogen (secondary N) is 3. The molecule has 1 aliphatic carbocycles. The zero-order valence-electron chi connectivity index (χ0n) is 18.3. The van der Waals surface area contributed by atoms with Crippen molar-refractivity contribution < 1.29 is 4.39 Å². The van der Waals surface area contributed by atoms with Gasteiger partial charge in [0.2, 0.25) is 5.95 Å². The maximum atomic E-state index is 15.0. The summed E-state index contributed by atoms with van der Waals surface area (Å²) in [6.45, 7) is 6.17. The third kappa shape index (κ3) is 4.56. The molecule has 0 bridgehead atoms. The highest BCUT2D eigenvalue weighted by molar-refractivity contribution is 6.32. The van der Waals surface area contributed by atoms with Gasteiger partial charge in [0.05, 0.1) is 11.9 Å². The lowest BCUT2D eigenvalue weighted by atomic mass is 9.86. The molecule has 1 saturated heterocycles. The van der Waals surface area contributed by atoms with Crippen LogP contribution in [0.1, 0.15) is 48.4 Å². The second-order valence-electron chi connectivity index (χ2n) is 8.81. The lowest BCUT2D eigenvalue weighted by Crippen LogP contribution is -2.34. The van der Waals surface area contributed by atoms with Gasteiger partial charge in [0, 0.05) is 17.8 Å². The van der Waals surface area contributed by atoms with Crippen LogP contribution in [-0.4, -0.2) is 44.2 Å². The highest BCUT2D eigenvalue weighted by Gasteiger charge is 2.32. The summed E-state index contributed by atoms with van der Waals surface area (Å²) in [7, 11) is 0. The van der Waals surface area contributed by atoms with Gasteiger partial charge in [0.25, 0.3) is 0 Å². The molecule has 3 N–H and O–H groups in total. The quantitative estimate of drug-likeness (QED) is 0.459. The first kappa shape index (κ1) is 21.2. The van der Waals surface area contributed by atoms with Crippen LogP contribution in [0.4, 0.5) is 27.7 Å². The van der Waals surface area contributed by atoms with Gasteiger partial charge in [-0.25, -0.2) is 9.37 Å². The summed E-state index contributed by atoms with van der Waals surface area (Å²) in [5.41, 5.74) is 3.45. The van der Waals surface area contributed by atoms with Crippen LogP contribution >= 0.6 is 11.6 Å². The summed E-state index contributed by atoms with van der Waals surface area (Å²) in [6, 6.07) is 6.16. The summed E-state index contributed by atoms with van der Waals surface area (Å²) < 4.78 is 15.0. The molecule has 0 spiro atoms. The van der Waals surface area contributed by atoms with E-state index in [0.29, 0.717) is 28.3 Å². The van der Waals surface area contributed by atoms with Crippen molar-refractivity contribution in [3.8, 4) is 0 Å². The molecule has 0 radical (unpaired) electrons. The molecular formula is C23H27ClFN7. The summed E-state index contributed by atoms with van der Waals surface area (Å²) in [5.74, 6) is 1.35. The molecule has 0 unspecified atom stereocenters. The zero-order chi connectivity index (χ0) is 22.2. The van der Waals surface area contributed by atoms with E-state index in [4.69, 9.17) is 11.6 Å². The highest BCUT2D eigenvalue weighted by Crippen LogP contribution is 2.37. The minimum Gasteiger partial charge on any atom is -0.322 e. The Labute approximate surface area is 191 Å². The Hall–Kier alpha value is -2.71. The molecule has 7 nitrogen and oxygen atoms in total. The van der Waals surface area contributed by atoms with Crippen molar-refractivity contribution in [3.05, 3.63) is 52.1 Å². The number of hydrogen-bond donors (Lipinski definition) is 3. The number of rotatable bonds is 6. The molecule has 1 saturated carbocycles. The first-order valence-electron chi connectivity index (χ1n) is 11.1. The first-order chi connectivity index (χ1) is 15.5. The second-order valence-corrected chi connectivity index (χ2v) is 9.21. The lowest BCUT2D eigenvalue weighted by molar-refractivity contribution is 0.203. The molecule has 1 aromatic carbocycles. The number of H-pyrrole nitrogens is 1. The third-order valence-electron chi connectivity index (χ3n) is 6.33. The SMILES string of the molecule is Cc1cc(Nc2nc(Nc3cc(C)c(C4CCN(C5CC5)CC4)cc3F)ncc2Cl)n[nH]1. The predicted molar refractivity (Wildman–Crippen MR) is 125 cm³/mol. The van der Waals surface area contributed by atoms with E-state index in [1.54, 1.807) is 6.07 Å². The van der Waals surface area contributed by atoms with Gasteiger partial charge in [-0.2, -0.15) is 10.1 Å². The molecule has 5 rings (SSSR count). The van der Waals surface area contributed by atoms with Crippen molar-refractivity contribution in [3.63, 3.8) is 0 Å². The number of benzene rings is 1. The van der Waals surface area contributed by atoms with Crippen LogP contribution < -0.4 is 10.6 Å². The summed E-state index contributed by atoms with van der Waals surface area (Å²) in [5, 5.41) is 13.4. The Morgan fingerprint density at radius 3 is 2.56 bits per heavy atom. The number of anilines is 4. The Morgan fingerprint density at radius 2 is 1.88 bits per heavy atom. The van der Waals surface area contributed by atoms with E-state index in [1.165, 1.54) is 19.0 Å². The Kier molecular flexibility index (Phi) is 5.73. The van der Waals surface area contributed by atoms with Crippen LogP contribution in [0.25, 0.3) is 0 Å². The first-order valence-corrected chi connectivity index (χ1v) is 11.5. The topological polar surface area (TPSA) is 81.8 Å². The molecule has 2 fully saturated rings. The van der Waals surface area contributed by atoms with E-state index < -0.39 is 0 Å². The molecule has 1 aliphatic heterocycles. The van der Waals surface area contributed by atoms with E-state index in [-0.39, 0.29) is 11.8 Å². The number of piperidine rings is 1. The van der Waals surface area contributed by atoms with Crippen molar-refractivity contribution in [2.45, 2.75) is 51.5 Å². The summed E-state index contributed by atoms with van der Waals surface area (Å²) in [6.07, 6.45) is 6.33. The molecule has 168 valence electrons. The minimum atomic E-state index is -0.300. The molecule has 0 amide bonds. The largest absolute Gasteiger partial charge is 0.322 e. The van der Waals surface area contributed by atoms with Gasteiger partial charge in [-0.05, 0) is 81.8 Å². The van der Waals surface area contributed by atoms with Crippen molar-refractivity contribution >= 4 is 34.9 Å². The maximum Gasteiger partial charge on any atom is 0.229 e. The Balaban J connectivity index is 1.31. The van der Waals surface area contributed by atoms with Gasteiger partial charge in [-0.1, -0.05) is 11.6 Å². The van der Waals surface area contributed by atoms with Gasteiger partial charge in [-0.15, -0.1) is 0 Å². The van der Waals surface area contributed by atoms with Gasteiger partial charge in [-0.3, -0.25) is 5.10 Å². The maximum absolute atomic E-state index is 15.0. The number of halogens is 2. The third-order valence-corrected chi connectivity index (χ3v) is 6.61. The van der Waals surface area contributed by atoms with Crippen LogP contribution in [0.15, 0.2) is 24.4 Å². The molecule has 3 aromatic rings. The second kappa shape index (κ2) is 8.67. The average molecular weight is 456 g/mol. The van der Waals surface area contributed by atoms with E-state index in [2.05, 4.69) is 35.7 Å². The van der Waals surface area contributed by atoms with Crippen molar-refractivity contribution in [1.82, 2.24) is 25.1 Å². The normalized spacial score (nSPS) is 17.5. The highest BCUT2D eigenvalue weighted by atomic mass is 35.5. The van der Waals surface area contributed by atoms with Crippen LogP contribution in [0.2, 0.25) is 5.02 Å². The molecule has 2 aromatic heterocycles. The van der Waals surface area contributed by atoms with Crippen LogP contribution in [-0.2, 0) is 0 Å². The minimum absolute atomic E-state index is 0.257. The average Bonchev–Trinajstić information content (AvgIpc) is 3.55. The van der Waals surface area contributed by atoms with Gasteiger partial charge < -0.3 is 15.5 Å². The smallest absolute Gasteiger partial charge is 0.229 e. The zero-order valence-corrected chi connectivity index (χ0v) is 19.0. The fourth-order valence-electron chi connectivity index (χ4n) is 4.49. The number of hydrogen-bond acceptors (Lipinski definition) is 6. The van der Waals surface area contributed by atoms with Crippen LogP contribution in [0, 0.1) is 19.7 Å². The number of aryl methyl sites for hydroxylation is 2. The molecule has 2 aliphatic rings. The van der Waals surface area contributed by atoms with Gasteiger partial charge in [0.1, 0.15) is 10.8 Å². The number of likely N-dealkylation sites (tertiary alicyclic amines) is 1. The van der Waals surface area contributed by atoms with E-state index >= 15 is 4.39 Å². The van der Waals surface area contributed by atoms with Crippen LogP contribution in [0.5, 0.6) is 0 Å². The van der Waals surface area contributed by atoms with Crippen molar-refractivity contribution in [2.75, 3.05) is 23.7 Å². The predicted octanol–water partition coefficient (Wildman–Crippen LogP) is 5.44. The van der Waals surface area contributed by atoms with E-state index in [1.807, 2.05) is 26.0 Å². The fraction of sp³-hybridized carbons (Fsp3) is 0.435. The standard InChI is InChI=1S/C23H27ClFN7/c1-13-9-20(19(25)11-17(13)15-5-7-32(8-6-15)16-3-4-16)27-23-26-12-18(24)22(29-23)28-21-10-14(2)30-31-21/h9-12,15-16H,3-8H2,1-2H3,(H3,26,27,28,29,30,31). The number of aromatic amines is 1. The van der Waals surface area contributed by atoms with E-state index in [0.717, 1.165) is 48.8 Å². The fourth-order valence-corrected chi connectivity index (χ4v) is 4.62. The molecule has 9 heteroatoms. The van der Waals surface area contributed by atoms with E-state index in [9.17, 15) is 0 Å². The number of nitrogens with zero attached hydrogens (tertiary/aromatic N) is 4. The van der Waals surface area contributed by atoms with Crippen molar-refractivity contribution in [2.24, 2.45) is 0 Å². The summed E-state index contributed by atoms with van der Waals surface area (Å²) >= 11 is 6.22.